The number of carbonyl (C=O) groups is 1. The topological polar surface area (TPSA) is 78.5 Å². The average Bonchev–Trinajstić information content (AvgIpc) is 2.87. The zero-order valence-electron chi connectivity index (χ0n) is 13.1. The summed E-state index contributed by atoms with van der Waals surface area (Å²) in [6.45, 7) is 1.05. The van der Waals surface area contributed by atoms with Gasteiger partial charge in [-0.05, 0) is 24.3 Å². The van der Waals surface area contributed by atoms with Crippen molar-refractivity contribution in [3.63, 3.8) is 0 Å². The molecule has 0 aliphatic carbocycles. The SMILES string of the molecule is COc1ccc2c3ccc(OC)cc3n(CCNC(N)=O)c2c1. The van der Waals surface area contributed by atoms with E-state index in [1.54, 1.807) is 14.2 Å². The predicted molar refractivity (Wildman–Crippen MR) is 90.1 cm³/mol. The minimum absolute atomic E-state index is 0.447. The van der Waals surface area contributed by atoms with Gasteiger partial charge in [-0.2, -0.15) is 0 Å². The van der Waals surface area contributed by atoms with Crippen LogP contribution in [0.3, 0.4) is 0 Å². The molecular formula is C17H19N3O3. The lowest BCUT2D eigenvalue weighted by atomic mass is 10.1. The molecule has 6 nitrogen and oxygen atoms in total. The summed E-state index contributed by atoms with van der Waals surface area (Å²) in [4.78, 5) is 10.9. The highest BCUT2D eigenvalue weighted by atomic mass is 16.5. The molecule has 1 heterocycles. The fourth-order valence-corrected chi connectivity index (χ4v) is 2.84. The quantitative estimate of drug-likeness (QED) is 0.759. The van der Waals surface area contributed by atoms with E-state index in [1.165, 1.54) is 0 Å². The molecule has 6 heteroatoms. The highest BCUT2D eigenvalue weighted by Gasteiger charge is 2.12. The Bertz CT molecular complexity index is 809. The van der Waals surface area contributed by atoms with Gasteiger partial charge >= 0.3 is 6.03 Å². The molecule has 0 spiro atoms. The number of carbonyl (C=O) groups excluding carboxylic acids is 1. The Kier molecular flexibility index (Phi) is 3.97. The Balaban J connectivity index is 2.18. The summed E-state index contributed by atoms with van der Waals surface area (Å²) in [6, 6.07) is 11.4. The number of nitrogens with one attached hydrogen (secondary N) is 1. The number of benzene rings is 2. The Labute approximate surface area is 133 Å². The Morgan fingerprint density at radius 1 is 1.04 bits per heavy atom. The van der Waals surface area contributed by atoms with Gasteiger partial charge in [0.2, 0.25) is 0 Å². The van der Waals surface area contributed by atoms with Gasteiger partial charge in [0.15, 0.2) is 0 Å². The molecule has 0 aliphatic rings. The lowest BCUT2D eigenvalue weighted by Crippen LogP contribution is -2.31. The van der Waals surface area contributed by atoms with E-state index in [0.29, 0.717) is 13.1 Å². The molecule has 3 N–H and O–H groups in total. The fraction of sp³-hybridized carbons (Fsp3) is 0.235. The normalized spacial score (nSPS) is 10.9. The number of methoxy groups -OCH3 is 2. The summed E-state index contributed by atoms with van der Waals surface area (Å²) in [5.41, 5.74) is 7.23. The standard InChI is InChI=1S/C17H19N3O3/c1-22-11-3-5-13-14-6-4-12(23-2)10-16(14)20(15(13)9-11)8-7-19-17(18)21/h3-6,9-10H,7-8H2,1-2H3,(H3,18,19,21). The van der Waals surface area contributed by atoms with Gasteiger partial charge in [0.1, 0.15) is 11.5 Å². The van der Waals surface area contributed by atoms with Gasteiger partial charge in [0.05, 0.1) is 25.3 Å². The van der Waals surface area contributed by atoms with E-state index in [2.05, 4.69) is 9.88 Å². The molecule has 3 rings (SSSR count). The van der Waals surface area contributed by atoms with Crippen molar-refractivity contribution in [3.05, 3.63) is 36.4 Å². The number of primary amides is 1. The molecule has 0 saturated heterocycles. The van der Waals surface area contributed by atoms with Gasteiger partial charge < -0.3 is 25.1 Å². The number of rotatable bonds is 5. The second-order valence-electron chi connectivity index (χ2n) is 5.21. The highest BCUT2D eigenvalue weighted by Crippen LogP contribution is 2.33. The second-order valence-corrected chi connectivity index (χ2v) is 5.21. The van der Waals surface area contributed by atoms with Gasteiger partial charge in [0, 0.05) is 36.0 Å². The molecule has 120 valence electrons. The van der Waals surface area contributed by atoms with Crippen molar-refractivity contribution in [2.75, 3.05) is 20.8 Å². The first-order valence-electron chi connectivity index (χ1n) is 7.31. The third-order valence-corrected chi connectivity index (χ3v) is 3.92. The Morgan fingerprint density at radius 2 is 1.57 bits per heavy atom. The van der Waals surface area contributed by atoms with E-state index >= 15 is 0 Å². The molecule has 23 heavy (non-hydrogen) atoms. The first-order chi connectivity index (χ1) is 11.1. The second kappa shape index (κ2) is 6.08. The zero-order chi connectivity index (χ0) is 16.4. The zero-order valence-corrected chi connectivity index (χ0v) is 13.1. The van der Waals surface area contributed by atoms with Crippen molar-refractivity contribution in [2.24, 2.45) is 5.73 Å². The van der Waals surface area contributed by atoms with Crippen molar-refractivity contribution in [2.45, 2.75) is 6.54 Å². The number of fused-ring (bicyclic) bond motifs is 3. The smallest absolute Gasteiger partial charge is 0.312 e. The van der Waals surface area contributed by atoms with Gasteiger partial charge in [0.25, 0.3) is 0 Å². The number of aromatic nitrogens is 1. The number of urea groups is 1. The molecule has 1 aromatic heterocycles. The van der Waals surface area contributed by atoms with E-state index in [1.807, 2.05) is 36.4 Å². The molecule has 0 bridgehead atoms. The minimum atomic E-state index is -0.527. The van der Waals surface area contributed by atoms with E-state index in [4.69, 9.17) is 15.2 Å². The molecule has 0 saturated carbocycles. The van der Waals surface area contributed by atoms with E-state index in [9.17, 15) is 4.79 Å². The summed E-state index contributed by atoms with van der Waals surface area (Å²) in [7, 11) is 3.29. The number of hydrogen-bond acceptors (Lipinski definition) is 3. The summed E-state index contributed by atoms with van der Waals surface area (Å²) >= 11 is 0. The first kappa shape index (κ1) is 15.0. The lowest BCUT2D eigenvalue weighted by Gasteiger charge is -2.09. The van der Waals surface area contributed by atoms with Crippen LogP contribution in [0.1, 0.15) is 0 Å². The van der Waals surface area contributed by atoms with Crippen LogP contribution >= 0.6 is 0 Å². The third kappa shape index (κ3) is 2.75. The number of ether oxygens (including phenoxy) is 2. The maximum absolute atomic E-state index is 10.9. The minimum Gasteiger partial charge on any atom is -0.497 e. The highest BCUT2D eigenvalue weighted by molar-refractivity contribution is 6.08. The number of hydrogen-bond donors (Lipinski definition) is 2. The molecule has 0 fully saturated rings. The van der Waals surface area contributed by atoms with Crippen molar-refractivity contribution in [1.82, 2.24) is 9.88 Å². The van der Waals surface area contributed by atoms with Crippen LogP contribution in [0.4, 0.5) is 4.79 Å². The van der Waals surface area contributed by atoms with Gasteiger partial charge in [-0.1, -0.05) is 0 Å². The van der Waals surface area contributed by atoms with Gasteiger partial charge in [-0.3, -0.25) is 0 Å². The molecule has 3 aromatic rings. The van der Waals surface area contributed by atoms with Crippen LogP contribution in [0.15, 0.2) is 36.4 Å². The van der Waals surface area contributed by atoms with Crippen LogP contribution in [-0.4, -0.2) is 31.4 Å². The van der Waals surface area contributed by atoms with Crippen LogP contribution in [0.5, 0.6) is 11.5 Å². The largest absolute Gasteiger partial charge is 0.497 e. The van der Waals surface area contributed by atoms with E-state index in [0.717, 1.165) is 33.3 Å². The summed E-state index contributed by atoms with van der Waals surface area (Å²) in [6.07, 6.45) is 0. The van der Waals surface area contributed by atoms with E-state index in [-0.39, 0.29) is 0 Å². The number of nitrogens with two attached hydrogens (primary N) is 1. The van der Waals surface area contributed by atoms with Crippen LogP contribution in [0.2, 0.25) is 0 Å². The molecule has 2 amide bonds. The molecule has 0 unspecified atom stereocenters. The molecular weight excluding hydrogens is 294 g/mol. The average molecular weight is 313 g/mol. The Morgan fingerprint density at radius 3 is 2.00 bits per heavy atom. The Hall–Kier alpha value is -2.89. The molecule has 0 radical (unpaired) electrons. The maximum atomic E-state index is 10.9. The van der Waals surface area contributed by atoms with Crippen molar-refractivity contribution in [3.8, 4) is 11.5 Å². The summed E-state index contributed by atoms with van der Waals surface area (Å²) in [5.74, 6) is 1.58. The molecule has 0 atom stereocenters. The van der Waals surface area contributed by atoms with Crippen molar-refractivity contribution in [1.29, 1.82) is 0 Å². The van der Waals surface area contributed by atoms with Crippen molar-refractivity contribution >= 4 is 27.8 Å². The summed E-state index contributed by atoms with van der Waals surface area (Å²) < 4.78 is 12.8. The van der Waals surface area contributed by atoms with Crippen LogP contribution < -0.4 is 20.5 Å². The van der Waals surface area contributed by atoms with E-state index < -0.39 is 6.03 Å². The van der Waals surface area contributed by atoms with Crippen LogP contribution in [0.25, 0.3) is 21.8 Å². The number of nitrogens with zero attached hydrogens (tertiary/aromatic N) is 1. The third-order valence-electron chi connectivity index (χ3n) is 3.92. The van der Waals surface area contributed by atoms with Crippen LogP contribution in [0, 0.1) is 0 Å². The first-order valence-corrected chi connectivity index (χ1v) is 7.31. The summed E-state index contributed by atoms with van der Waals surface area (Å²) in [5, 5.41) is 4.88. The lowest BCUT2D eigenvalue weighted by molar-refractivity contribution is 0.248. The van der Waals surface area contributed by atoms with Gasteiger partial charge in [-0.15, -0.1) is 0 Å². The molecule has 2 aromatic carbocycles. The van der Waals surface area contributed by atoms with Gasteiger partial charge in [-0.25, -0.2) is 4.79 Å². The monoisotopic (exact) mass is 313 g/mol. The predicted octanol–water partition coefficient (Wildman–Crippen LogP) is 2.48. The van der Waals surface area contributed by atoms with Crippen LogP contribution in [-0.2, 0) is 6.54 Å². The molecule has 0 aliphatic heterocycles. The number of amides is 2. The maximum Gasteiger partial charge on any atom is 0.312 e. The fourth-order valence-electron chi connectivity index (χ4n) is 2.84. The van der Waals surface area contributed by atoms with Crippen molar-refractivity contribution < 1.29 is 14.3 Å².